The average molecular weight is 380 g/mol. The van der Waals surface area contributed by atoms with Gasteiger partial charge in [-0.2, -0.15) is 5.26 Å². The molecule has 0 saturated carbocycles. The first kappa shape index (κ1) is 18.5. The summed E-state index contributed by atoms with van der Waals surface area (Å²) in [6, 6.07) is 27.0. The predicted molar refractivity (Wildman–Crippen MR) is 112 cm³/mol. The second kappa shape index (κ2) is 8.41. The van der Waals surface area contributed by atoms with Crippen molar-refractivity contribution < 1.29 is 4.79 Å². The number of carbonyl (C=O) groups is 1. The van der Waals surface area contributed by atoms with Gasteiger partial charge in [-0.3, -0.25) is 4.79 Å². The van der Waals surface area contributed by atoms with Crippen molar-refractivity contribution in [1.29, 1.82) is 5.26 Å². The number of benzene rings is 3. The first-order valence-corrected chi connectivity index (χ1v) is 9.51. The third kappa shape index (κ3) is 4.17. The quantitative estimate of drug-likeness (QED) is 0.551. The maximum atomic E-state index is 12.3. The van der Waals surface area contributed by atoms with Gasteiger partial charge in [-0.05, 0) is 42.0 Å². The molecular weight excluding hydrogens is 360 g/mol. The predicted octanol–water partition coefficient (Wildman–Crippen LogP) is 3.93. The Labute approximate surface area is 169 Å². The third-order valence-corrected chi connectivity index (χ3v) is 4.83. The zero-order valence-corrected chi connectivity index (χ0v) is 15.9. The molecule has 5 nitrogen and oxygen atoms in total. The first-order chi connectivity index (χ1) is 14.2. The van der Waals surface area contributed by atoms with E-state index in [9.17, 15) is 4.79 Å². The fraction of sp³-hybridized carbons (Fsp3) is 0.125. The molecule has 0 aliphatic carbocycles. The van der Waals surface area contributed by atoms with E-state index >= 15 is 0 Å². The van der Waals surface area contributed by atoms with Crippen LogP contribution in [-0.2, 0) is 13.0 Å². The van der Waals surface area contributed by atoms with Crippen molar-refractivity contribution in [3.63, 3.8) is 0 Å². The number of nitriles is 1. The number of amides is 1. The van der Waals surface area contributed by atoms with Crippen molar-refractivity contribution in [1.82, 2.24) is 14.9 Å². The van der Waals surface area contributed by atoms with Crippen LogP contribution in [0.15, 0.2) is 78.9 Å². The lowest BCUT2D eigenvalue weighted by atomic mass is 10.1. The number of para-hydroxylation sites is 2. The minimum atomic E-state index is -0.0830. The van der Waals surface area contributed by atoms with Gasteiger partial charge in [0.2, 0.25) is 0 Å². The first-order valence-electron chi connectivity index (χ1n) is 9.51. The van der Waals surface area contributed by atoms with Crippen molar-refractivity contribution in [2.45, 2.75) is 13.0 Å². The molecule has 29 heavy (non-hydrogen) atoms. The highest BCUT2D eigenvalue weighted by Crippen LogP contribution is 2.18. The topological polar surface area (TPSA) is 70.7 Å². The second-order valence-electron chi connectivity index (χ2n) is 6.78. The summed E-state index contributed by atoms with van der Waals surface area (Å²) in [5, 5.41) is 12.0. The molecule has 5 heteroatoms. The lowest BCUT2D eigenvalue weighted by molar-refractivity contribution is 0.0954. The summed E-state index contributed by atoms with van der Waals surface area (Å²) in [4.78, 5) is 17.1. The average Bonchev–Trinajstić information content (AvgIpc) is 3.12. The normalized spacial score (nSPS) is 10.6. The summed E-state index contributed by atoms with van der Waals surface area (Å²) >= 11 is 0. The maximum absolute atomic E-state index is 12.3. The lowest BCUT2D eigenvalue weighted by Crippen LogP contribution is -2.26. The molecule has 0 spiro atoms. The number of carbonyl (C=O) groups excluding carboxylic acids is 1. The highest BCUT2D eigenvalue weighted by atomic mass is 16.1. The number of rotatable bonds is 6. The van der Waals surface area contributed by atoms with E-state index in [0.717, 1.165) is 22.4 Å². The van der Waals surface area contributed by atoms with Crippen LogP contribution in [0.5, 0.6) is 0 Å². The summed E-state index contributed by atoms with van der Waals surface area (Å²) in [7, 11) is 0. The second-order valence-corrected chi connectivity index (χ2v) is 6.78. The Kier molecular flexibility index (Phi) is 5.35. The van der Waals surface area contributed by atoms with Gasteiger partial charge in [0.15, 0.2) is 0 Å². The molecule has 3 aromatic carbocycles. The molecule has 0 radical (unpaired) electrons. The molecular formula is C24H20N4O. The Bertz CT molecular complexity index is 1170. The summed E-state index contributed by atoms with van der Waals surface area (Å²) in [5.74, 6) is 0.837. The molecule has 0 aliphatic heterocycles. The zero-order valence-electron chi connectivity index (χ0n) is 15.9. The molecule has 1 aromatic heterocycles. The van der Waals surface area contributed by atoms with Crippen LogP contribution in [0, 0.1) is 11.3 Å². The van der Waals surface area contributed by atoms with E-state index in [1.54, 1.807) is 12.1 Å². The summed E-state index contributed by atoms with van der Waals surface area (Å²) < 4.78 is 2.17. The molecule has 4 aromatic rings. The van der Waals surface area contributed by atoms with E-state index in [1.165, 1.54) is 0 Å². The van der Waals surface area contributed by atoms with Gasteiger partial charge >= 0.3 is 0 Å². The van der Waals surface area contributed by atoms with Crippen LogP contribution >= 0.6 is 0 Å². The van der Waals surface area contributed by atoms with Crippen LogP contribution in [0.25, 0.3) is 11.0 Å². The van der Waals surface area contributed by atoms with E-state index in [1.807, 2.05) is 60.7 Å². The standard InChI is InChI=1S/C24H20N4O/c25-16-18-10-12-19(13-11-18)17-28-22-9-5-4-8-21(22)27-23(28)14-15-26-24(29)20-6-2-1-3-7-20/h1-13H,14-15,17H2,(H,26,29). The molecule has 0 fully saturated rings. The van der Waals surface area contributed by atoms with Crippen LogP contribution in [0.3, 0.4) is 0 Å². The smallest absolute Gasteiger partial charge is 0.251 e. The summed E-state index contributed by atoms with van der Waals surface area (Å²) in [6.45, 7) is 1.17. The van der Waals surface area contributed by atoms with Gasteiger partial charge in [-0.15, -0.1) is 0 Å². The monoisotopic (exact) mass is 380 g/mol. The number of nitrogens with zero attached hydrogens (tertiary/aromatic N) is 3. The van der Waals surface area contributed by atoms with Crippen LogP contribution < -0.4 is 5.32 Å². The van der Waals surface area contributed by atoms with Gasteiger partial charge in [0.1, 0.15) is 5.82 Å². The molecule has 0 atom stereocenters. The van der Waals surface area contributed by atoms with Crippen molar-refractivity contribution in [2.75, 3.05) is 6.54 Å². The fourth-order valence-corrected chi connectivity index (χ4v) is 3.34. The minimum Gasteiger partial charge on any atom is -0.352 e. The van der Waals surface area contributed by atoms with Gasteiger partial charge in [0.25, 0.3) is 5.91 Å². The lowest BCUT2D eigenvalue weighted by Gasteiger charge is -2.10. The number of nitrogens with one attached hydrogen (secondary N) is 1. The fourth-order valence-electron chi connectivity index (χ4n) is 3.34. The van der Waals surface area contributed by atoms with E-state index < -0.39 is 0 Å². The number of aromatic nitrogens is 2. The zero-order chi connectivity index (χ0) is 20.1. The molecule has 0 aliphatic rings. The minimum absolute atomic E-state index is 0.0830. The van der Waals surface area contributed by atoms with Gasteiger partial charge in [-0.1, -0.05) is 42.5 Å². The Morgan fingerprint density at radius 1 is 0.966 bits per heavy atom. The number of fused-ring (bicyclic) bond motifs is 1. The van der Waals surface area contributed by atoms with Crippen LogP contribution in [0.2, 0.25) is 0 Å². The maximum Gasteiger partial charge on any atom is 0.251 e. The number of hydrogen-bond acceptors (Lipinski definition) is 3. The summed E-state index contributed by atoms with van der Waals surface area (Å²) in [5.41, 5.74) is 4.39. The molecule has 1 N–H and O–H groups in total. The van der Waals surface area contributed by atoms with Crippen LogP contribution in [0.4, 0.5) is 0 Å². The van der Waals surface area contributed by atoms with E-state index in [2.05, 4.69) is 22.0 Å². The Morgan fingerprint density at radius 2 is 1.69 bits per heavy atom. The van der Waals surface area contributed by atoms with Crippen LogP contribution in [-0.4, -0.2) is 22.0 Å². The van der Waals surface area contributed by atoms with Gasteiger partial charge in [0, 0.05) is 25.1 Å². The van der Waals surface area contributed by atoms with E-state index in [-0.39, 0.29) is 5.91 Å². The van der Waals surface area contributed by atoms with Crippen LogP contribution in [0.1, 0.15) is 27.3 Å². The van der Waals surface area contributed by atoms with Gasteiger partial charge < -0.3 is 9.88 Å². The highest BCUT2D eigenvalue weighted by molar-refractivity contribution is 5.94. The van der Waals surface area contributed by atoms with Crippen molar-refractivity contribution in [2.24, 2.45) is 0 Å². The van der Waals surface area contributed by atoms with Crippen molar-refractivity contribution >= 4 is 16.9 Å². The Morgan fingerprint density at radius 3 is 2.45 bits per heavy atom. The van der Waals surface area contributed by atoms with E-state index in [0.29, 0.717) is 30.6 Å². The van der Waals surface area contributed by atoms with Crippen molar-refractivity contribution in [3.8, 4) is 6.07 Å². The molecule has 0 unspecified atom stereocenters. The SMILES string of the molecule is N#Cc1ccc(Cn2c(CCNC(=O)c3ccccc3)nc3ccccc32)cc1. The van der Waals surface area contributed by atoms with Crippen molar-refractivity contribution in [3.05, 3.63) is 101 Å². The molecule has 0 bridgehead atoms. The molecule has 4 rings (SSSR count). The highest BCUT2D eigenvalue weighted by Gasteiger charge is 2.12. The third-order valence-electron chi connectivity index (χ3n) is 4.83. The number of imidazole rings is 1. The van der Waals surface area contributed by atoms with Gasteiger partial charge in [-0.25, -0.2) is 4.98 Å². The molecule has 0 saturated heterocycles. The van der Waals surface area contributed by atoms with Gasteiger partial charge in [0.05, 0.1) is 22.7 Å². The largest absolute Gasteiger partial charge is 0.352 e. The summed E-state index contributed by atoms with van der Waals surface area (Å²) in [6.07, 6.45) is 0.629. The van der Waals surface area contributed by atoms with E-state index in [4.69, 9.17) is 10.2 Å². The molecule has 142 valence electrons. The Hall–Kier alpha value is -3.91. The number of hydrogen-bond donors (Lipinski definition) is 1. The Balaban J connectivity index is 1.53. The molecule has 1 heterocycles. The molecule has 1 amide bonds.